The number of aliphatic hydroxyl groups is 1. The Kier molecular flexibility index (Phi) is 3.27. The summed E-state index contributed by atoms with van der Waals surface area (Å²) < 4.78 is 0. The van der Waals surface area contributed by atoms with Crippen molar-refractivity contribution in [1.82, 2.24) is 9.97 Å². The summed E-state index contributed by atoms with van der Waals surface area (Å²) in [6.07, 6.45) is 5.79. The molecule has 0 amide bonds. The normalized spacial score (nSPS) is 23.9. The summed E-state index contributed by atoms with van der Waals surface area (Å²) in [4.78, 5) is 10.5. The summed E-state index contributed by atoms with van der Waals surface area (Å²) in [5.41, 5.74) is 3.01. The molecule has 1 aliphatic heterocycles. The Balaban J connectivity index is 2.13. The monoisotopic (exact) mass is 277 g/mol. The lowest BCUT2D eigenvalue weighted by atomic mass is 9.83. The molecule has 100 valence electrons. The molecule has 1 aromatic heterocycles. The molecule has 6 heteroatoms. The Hall–Kier alpha value is -1.07. The van der Waals surface area contributed by atoms with Gasteiger partial charge in [-0.05, 0) is 36.9 Å². The van der Waals surface area contributed by atoms with Crippen molar-refractivity contribution in [2.45, 2.75) is 44.9 Å². The third-order valence-electron chi connectivity index (χ3n) is 4.35. The van der Waals surface area contributed by atoms with E-state index in [2.05, 4.69) is 9.97 Å². The maximum Gasteiger partial charge on any atom is 0.224 e. The van der Waals surface area contributed by atoms with Gasteiger partial charge in [0, 0.05) is 17.8 Å². The second-order valence-corrected chi connectivity index (χ2v) is 5.74. The molecule has 1 saturated carbocycles. The van der Waals surface area contributed by atoms with E-state index in [0.29, 0.717) is 6.04 Å². The molecule has 2 aliphatic rings. The van der Waals surface area contributed by atoms with Gasteiger partial charge in [0.1, 0.15) is 19.9 Å². The van der Waals surface area contributed by atoms with E-state index < -0.39 is 6.23 Å². The van der Waals surface area contributed by atoms with E-state index in [1.54, 1.807) is 6.20 Å². The van der Waals surface area contributed by atoms with Crippen molar-refractivity contribution in [3.8, 4) is 0 Å². The lowest BCUT2D eigenvalue weighted by Gasteiger charge is -2.40. The largest absolute Gasteiger partial charge is 0.370 e. The third-order valence-corrected chi connectivity index (χ3v) is 4.53. The van der Waals surface area contributed by atoms with E-state index in [0.717, 1.165) is 35.3 Å². The Bertz CT molecular complexity index is 543. The average Bonchev–Trinajstić information content (AvgIpc) is 2.90. The van der Waals surface area contributed by atoms with Crippen molar-refractivity contribution in [2.24, 2.45) is 0 Å². The van der Waals surface area contributed by atoms with Crippen molar-refractivity contribution < 1.29 is 5.11 Å². The molecular weight excluding hydrogens is 260 g/mol. The summed E-state index contributed by atoms with van der Waals surface area (Å²) in [5, 5.41) is 10.8. The molecule has 1 aromatic rings. The summed E-state index contributed by atoms with van der Waals surface area (Å²) in [5.74, 6) is 0.780. The number of halogens is 1. The zero-order chi connectivity index (χ0) is 13.6. The van der Waals surface area contributed by atoms with Crippen LogP contribution >= 0.6 is 11.6 Å². The van der Waals surface area contributed by atoms with Crippen LogP contribution in [0.15, 0.2) is 11.7 Å². The number of nitrogens with zero attached hydrogens (tertiary/aromatic N) is 3. The average molecular weight is 278 g/mol. The number of aliphatic hydroxyl groups excluding tert-OH is 1. The highest BCUT2D eigenvalue weighted by atomic mass is 35.5. The number of fused-ring (bicyclic) bond motifs is 1. The van der Waals surface area contributed by atoms with Crippen LogP contribution in [0.3, 0.4) is 0 Å². The minimum Gasteiger partial charge on any atom is -0.370 e. The van der Waals surface area contributed by atoms with Crippen LogP contribution in [0.25, 0.3) is 5.57 Å². The van der Waals surface area contributed by atoms with Crippen molar-refractivity contribution in [3.63, 3.8) is 0 Å². The fourth-order valence-electron chi connectivity index (χ4n) is 3.10. The number of allylic oxidation sites excluding steroid dienone is 1. The van der Waals surface area contributed by atoms with E-state index in [9.17, 15) is 5.11 Å². The SMILES string of the molecule is BC1=C(C)c2cnc(Cl)nc2N(C2CCCC2)C1O. The first kappa shape index (κ1) is 12.9. The van der Waals surface area contributed by atoms with Gasteiger partial charge in [-0.15, -0.1) is 0 Å². The van der Waals surface area contributed by atoms with Crippen molar-refractivity contribution in [2.75, 3.05) is 4.90 Å². The third kappa shape index (κ3) is 2.05. The molecule has 0 radical (unpaired) electrons. The number of hydrogen-bond donors (Lipinski definition) is 1. The number of hydrogen-bond acceptors (Lipinski definition) is 4. The van der Waals surface area contributed by atoms with Crippen molar-refractivity contribution in [3.05, 3.63) is 22.5 Å². The molecule has 19 heavy (non-hydrogen) atoms. The van der Waals surface area contributed by atoms with Gasteiger partial charge in [-0.3, -0.25) is 0 Å². The second kappa shape index (κ2) is 4.80. The van der Waals surface area contributed by atoms with E-state index in [1.807, 2.05) is 19.7 Å². The Morgan fingerprint density at radius 3 is 2.79 bits per heavy atom. The maximum absolute atomic E-state index is 10.6. The predicted octanol–water partition coefficient (Wildman–Crippen LogP) is 1.58. The molecule has 4 nitrogen and oxygen atoms in total. The molecular formula is C13H17BClN3O. The molecule has 0 bridgehead atoms. The van der Waals surface area contributed by atoms with Crippen LogP contribution in [-0.4, -0.2) is 35.2 Å². The van der Waals surface area contributed by atoms with Crippen LogP contribution in [0.1, 0.15) is 38.2 Å². The van der Waals surface area contributed by atoms with Crippen LogP contribution in [0.2, 0.25) is 5.28 Å². The van der Waals surface area contributed by atoms with Gasteiger partial charge in [0.2, 0.25) is 5.28 Å². The van der Waals surface area contributed by atoms with Gasteiger partial charge >= 0.3 is 0 Å². The second-order valence-electron chi connectivity index (χ2n) is 5.40. The van der Waals surface area contributed by atoms with Gasteiger partial charge in [-0.2, -0.15) is 4.98 Å². The highest BCUT2D eigenvalue weighted by Crippen LogP contribution is 2.39. The molecule has 3 rings (SSSR count). The van der Waals surface area contributed by atoms with Gasteiger partial charge in [-0.1, -0.05) is 18.3 Å². The standard InChI is InChI=1S/C13H17BClN3O/c1-7-9-6-16-13(15)17-11(9)18(12(19)10(7)14)8-4-2-3-5-8/h6,8,12,19H,2-5,14H2,1H3. The van der Waals surface area contributed by atoms with Crippen LogP contribution < -0.4 is 4.90 Å². The van der Waals surface area contributed by atoms with Gasteiger partial charge in [0.05, 0.1) is 0 Å². The highest BCUT2D eigenvalue weighted by molar-refractivity contribution is 6.29. The van der Waals surface area contributed by atoms with Gasteiger partial charge < -0.3 is 10.0 Å². The quantitative estimate of drug-likeness (QED) is 0.625. The minimum absolute atomic E-state index is 0.237. The first-order chi connectivity index (χ1) is 9.09. The number of rotatable bonds is 1. The van der Waals surface area contributed by atoms with Crippen LogP contribution in [0.5, 0.6) is 0 Å². The molecule has 1 unspecified atom stereocenters. The van der Waals surface area contributed by atoms with Gasteiger partial charge in [-0.25, -0.2) is 4.98 Å². The maximum atomic E-state index is 10.6. The summed E-state index contributed by atoms with van der Waals surface area (Å²) >= 11 is 5.93. The molecule has 2 heterocycles. The zero-order valence-electron chi connectivity index (χ0n) is 11.2. The van der Waals surface area contributed by atoms with Crippen molar-refractivity contribution in [1.29, 1.82) is 0 Å². The lowest BCUT2D eigenvalue weighted by molar-refractivity contribution is 0.197. The molecule has 0 aromatic carbocycles. The Morgan fingerprint density at radius 1 is 1.42 bits per heavy atom. The number of aromatic nitrogens is 2. The smallest absolute Gasteiger partial charge is 0.224 e. The first-order valence-electron chi connectivity index (χ1n) is 6.76. The van der Waals surface area contributed by atoms with E-state index in [1.165, 1.54) is 12.8 Å². The molecule has 0 spiro atoms. The zero-order valence-corrected chi connectivity index (χ0v) is 12.0. The van der Waals surface area contributed by atoms with Crippen LogP contribution in [0, 0.1) is 0 Å². The van der Waals surface area contributed by atoms with E-state index >= 15 is 0 Å². The fraction of sp³-hybridized carbons (Fsp3) is 0.538. The molecule has 0 saturated heterocycles. The molecule has 1 fully saturated rings. The van der Waals surface area contributed by atoms with Gasteiger partial charge in [0.15, 0.2) is 0 Å². The number of anilines is 1. The summed E-state index contributed by atoms with van der Waals surface area (Å²) in [7, 11) is 1.97. The Labute approximate surface area is 118 Å². The molecule has 1 N–H and O–H groups in total. The summed E-state index contributed by atoms with van der Waals surface area (Å²) in [6, 6.07) is 0.350. The lowest BCUT2D eigenvalue weighted by Crippen LogP contribution is -2.46. The van der Waals surface area contributed by atoms with Gasteiger partial charge in [0.25, 0.3) is 0 Å². The first-order valence-corrected chi connectivity index (χ1v) is 7.14. The fourth-order valence-corrected chi connectivity index (χ4v) is 3.23. The van der Waals surface area contributed by atoms with Crippen molar-refractivity contribution >= 4 is 30.8 Å². The molecule has 1 aliphatic carbocycles. The Morgan fingerprint density at radius 2 is 2.11 bits per heavy atom. The topological polar surface area (TPSA) is 49.2 Å². The predicted molar refractivity (Wildman–Crippen MR) is 78.9 cm³/mol. The van der Waals surface area contributed by atoms with E-state index in [-0.39, 0.29) is 5.28 Å². The summed E-state index contributed by atoms with van der Waals surface area (Å²) in [6.45, 7) is 2.00. The van der Waals surface area contributed by atoms with Crippen LogP contribution in [0.4, 0.5) is 5.82 Å². The van der Waals surface area contributed by atoms with E-state index in [4.69, 9.17) is 11.6 Å². The van der Waals surface area contributed by atoms with Crippen LogP contribution in [-0.2, 0) is 0 Å². The minimum atomic E-state index is -0.596. The molecule has 1 atom stereocenters. The highest BCUT2D eigenvalue weighted by Gasteiger charge is 2.35.